The minimum Gasteiger partial charge on any atom is -0.389 e. The molecule has 0 heterocycles. The van der Waals surface area contributed by atoms with Crippen molar-refractivity contribution in [3.63, 3.8) is 0 Å². The first-order chi connectivity index (χ1) is 10.2. The van der Waals surface area contributed by atoms with Gasteiger partial charge < -0.3 is 5.11 Å². The van der Waals surface area contributed by atoms with Crippen LogP contribution in [0.4, 0.5) is 0 Å². The van der Waals surface area contributed by atoms with Gasteiger partial charge in [0.15, 0.2) is 0 Å². The van der Waals surface area contributed by atoms with Gasteiger partial charge >= 0.3 is 0 Å². The molecule has 0 aromatic rings. The largest absolute Gasteiger partial charge is 0.389 e. The van der Waals surface area contributed by atoms with Crippen LogP contribution in [0.25, 0.3) is 0 Å². The summed E-state index contributed by atoms with van der Waals surface area (Å²) in [4.78, 5) is 0. The monoisotopic (exact) mass is 294 g/mol. The van der Waals surface area contributed by atoms with Crippen LogP contribution in [0, 0.1) is 0 Å². The van der Waals surface area contributed by atoms with Crippen LogP contribution in [0.2, 0.25) is 0 Å². The summed E-state index contributed by atoms with van der Waals surface area (Å²) in [5, 5.41) is 10.6. The second-order valence-electron chi connectivity index (χ2n) is 6.08. The third-order valence-electron chi connectivity index (χ3n) is 3.96. The summed E-state index contributed by atoms with van der Waals surface area (Å²) in [6, 6.07) is 0. The van der Waals surface area contributed by atoms with E-state index in [-0.39, 0.29) is 6.10 Å². The highest BCUT2D eigenvalue weighted by atomic mass is 16.3. The average molecular weight is 295 g/mol. The Hall–Kier alpha value is -0.560. The fourth-order valence-electron chi connectivity index (χ4n) is 2.98. The van der Waals surface area contributed by atoms with Gasteiger partial charge in [-0.05, 0) is 48.8 Å². The van der Waals surface area contributed by atoms with Crippen LogP contribution in [0.1, 0.15) is 98.8 Å². The molecule has 1 nitrogen and oxygen atoms in total. The Morgan fingerprint density at radius 3 is 1.90 bits per heavy atom. The first-order valence-corrected chi connectivity index (χ1v) is 9.25. The lowest BCUT2D eigenvalue weighted by atomic mass is 9.86. The lowest BCUT2D eigenvalue weighted by molar-refractivity contribution is 0.193. The van der Waals surface area contributed by atoms with E-state index in [2.05, 4.69) is 40.7 Å². The van der Waals surface area contributed by atoms with Crippen molar-refractivity contribution in [2.45, 2.75) is 105 Å². The molecule has 124 valence electrons. The van der Waals surface area contributed by atoms with Gasteiger partial charge in [-0.1, -0.05) is 72.8 Å². The minimum absolute atomic E-state index is 0.238. The Kier molecular flexibility index (Phi) is 12.8. The van der Waals surface area contributed by atoms with Gasteiger partial charge in [-0.25, -0.2) is 0 Å². The summed E-state index contributed by atoms with van der Waals surface area (Å²) in [7, 11) is 0. The number of unbranched alkanes of at least 4 members (excludes halogenated alkanes) is 1. The molecule has 0 radical (unpaired) electrons. The SMILES string of the molecule is CCC/C=C(CCC)/C(CCC)=C(\CCC)C(O)CCC. The zero-order valence-electron chi connectivity index (χ0n) is 15.2. The predicted molar refractivity (Wildman–Crippen MR) is 95.7 cm³/mol. The zero-order valence-corrected chi connectivity index (χ0v) is 15.2. The quantitative estimate of drug-likeness (QED) is 0.403. The Morgan fingerprint density at radius 2 is 1.43 bits per heavy atom. The van der Waals surface area contributed by atoms with Gasteiger partial charge in [-0.2, -0.15) is 0 Å². The molecule has 21 heavy (non-hydrogen) atoms. The number of allylic oxidation sites excluding steroid dienone is 3. The molecule has 0 aliphatic heterocycles. The van der Waals surface area contributed by atoms with Gasteiger partial charge in [0.25, 0.3) is 0 Å². The fraction of sp³-hybridized carbons (Fsp3) is 0.800. The lowest BCUT2D eigenvalue weighted by Crippen LogP contribution is -2.14. The Bertz CT molecular complexity index is 312. The summed E-state index contributed by atoms with van der Waals surface area (Å²) in [6.45, 7) is 11.1. The number of hydrogen-bond acceptors (Lipinski definition) is 1. The van der Waals surface area contributed by atoms with Crippen LogP contribution in [-0.2, 0) is 0 Å². The van der Waals surface area contributed by atoms with Crippen LogP contribution in [-0.4, -0.2) is 11.2 Å². The molecule has 0 aromatic heterocycles. The van der Waals surface area contributed by atoms with Crippen molar-refractivity contribution in [2.75, 3.05) is 0 Å². The number of aliphatic hydroxyl groups is 1. The number of rotatable bonds is 12. The van der Waals surface area contributed by atoms with Crippen molar-refractivity contribution in [3.05, 3.63) is 22.8 Å². The molecule has 0 spiro atoms. The molecule has 0 bridgehead atoms. The minimum atomic E-state index is -0.238. The van der Waals surface area contributed by atoms with Gasteiger partial charge in [0.05, 0.1) is 6.10 Å². The molecule has 0 saturated heterocycles. The third kappa shape index (κ3) is 7.85. The standard InChI is InChI=1S/C20H38O/c1-6-11-16-17(12-7-2)18(13-8-3)19(14-9-4)20(21)15-10-5/h16,20-21H,6-15H2,1-5H3/b17-16+,19-18+. The molecule has 0 saturated carbocycles. The highest BCUT2D eigenvalue weighted by Crippen LogP contribution is 2.30. The Labute approximate surface area is 133 Å². The molecule has 1 N–H and O–H groups in total. The maximum atomic E-state index is 10.6. The molecular formula is C20H38O. The molecular weight excluding hydrogens is 256 g/mol. The number of hydrogen-bond donors (Lipinski definition) is 1. The van der Waals surface area contributed by atoms with E-state index in [1.165, 1.54) is 29.6 Å². The van der Waals surface area contributed by atoms with E-state index < -0.39 is 0 Å². The fourth-order valence-corrected chi connectivity index (χ4v) is 2.98. The molecule has 1 atom stereocenters. The number of aliphatic hydroxyl groups excluding tert-OH is 1. The molecule has 0 fully saturated rings. The zero-order chi connectivity index (χ0) is 16.1. The van der Waals surface area contributed by atoms with E-state index in [1.54, 1.807) is 0 Å². The molecule has 0 amide bonds. The van der Waals surface area contributed by atoms with E-state index in [1.807, 2.05) is 0 Å². The van der Waals surface area contributed by atoms with Gasteiger partial charge in [0, 0.05) is 0 Å². The smallest absolute Gasteiger partial charge is 0.0755 e. The second kappa shape index (κ2) is 13.1. The van der Waals surface area contributed by atoms with Crippen molar-refractivity contribution in [1.82, 2.24) is 0 Å². The molecule has 0 aliphatic carbocycles. The summed E-state index contributed by atoms with van der Waals surface area (Å²) < 4.78 is 0. The Balaban J connectivity index is 5.61. The average Bonchev–Trinajstić information content (AvgIpc) is 2.47. The Morgan fingerprint density at radius 1 is 0.810 bits per heavy atom. The molecule has 1 unspecified atom stereocenters. The van der Waals surface area contributed by atoms with Gasteiger partial charge in [0.1, 0.15) is 0 Å². The predicted octanol–water partition coefficient (Wildman–Crippen LogP) is 6.57. The molecule has 0 aromatic carbocycles. The molecule has 1 heteroatoms. The van der Waals surface area contributed by atoms with E-state index in [4.69, 9.17) is 0 Å². The van der Waals surface area contributed by atoms with Crippen molar-refractivity contribution < 1.29 is 5.11 Å². The van der Waals surface area contributed by atoms with Gasteiger partial charge in [-0.15, -0.1) is 0 Å². The first kappa shape index (κ1) is 20.4. The van der Waals surface area contributed by atoms with Crippen LogP contribution >= 0.6 is 0 Å². The topological polar surface area (TPSA) is 20.2 Å². The van der Waals surface area contributed by atoms with Crippen LogP contribution in [0.15, 0.2) is 22.8 Å². The summed E-state index contributed by atoms with van der Waals surface area (Å²) in [6.07, 6.45) is 13.3. The summed E-state index contributed by atoms with van der Waals surface area (Å²) >= 11 is 0. The van der Waals surface area contributed by atoms with Crippen LogP contribution < -0.4 is 0 Å². The first-order valence-electron chi connectivity index (χ1n) is 9.25. The van der Waals surface area contributed by atoms with Crippen LogP contribution in [0.3, 0.4) is 0 Å². The molecule has 0 rings (SSSR count). The van der Waals surface area contributed by atoms with E-state index in [9.17, 15) is 5.11 Å². The van der Waals surface area contributed by atoms with E-state index in [0.29, 0.717) is 0 Å². The molecule has 0 aliphatic rings. The van der Waals surface area contributed by atoms with Crippen molar-refractivity contribution in [3.8, 4) is 0 Å². The third-order valence-corrected chi connectivity index (χ3v) is 3.96. The highest BCUT2D eigenvalue weighted by molar-refractivity contribution is 5.37. The van der Waals surface area contributed by atoms with Gasteiger partial charge in [-0.3, -0.25) is 0 Å². The maximum absolute atomic E-state index is 10.6. The second-order valence-corrected chi connectivity index (χ2v) is 6.08. The van der Waals surface area contributed by atoms with Crippen LogP contribution in [0.5, 0.6) is 0 Å². The van der Waals surface area contributed by atoms with Crippen molar-refractivity contribution in [1.29, 1.82) is 0 Å². The highest BCUT2D eigenvalue weighted by Gasteiger charge is 2.16. The summed E-state index contributed by atoms with van der Waals surface area (Å²) in [5.74, 6) is 0. The van der Waals surface area contributed by atoms with Crippen molar-refractivity contribution in [2.24, 2.45) is 0 Å². The van der Waals surface area contributed by atoms with E-state index in [0.717, 1.165) is 51.4 Å². The normalized spacial score (nSPS) is 15.0. The van der Waals surface area contributed by atoms with Crippen molar-refractivity contribution >= 4 is 0 Å². The summed E-state index contributed by atoms with van der Waals surface area (Å²) in [5.41, 5.74) is 4.33. The lowest BCUT2D eigenvalue weighted by Gasteiger charge is -2.22. The van der Waals surface area contributed by atoms with E-state index >= 15 is 0 Å². The maximum Gasteiger partial charge on any atom is 0.0755 e. The van der Waals surface area contributed by atoms with Gasteiger partial charge in [0.2, 0.25) is 0 Å².